The van der Waals surface area contributed by atoms with Gasteiger partial charge in [-0.15, -0.1) is 24.8 Å². The molecule has 1 fully saturated rings. The second-order valence-electron chi connectivity index (χ2n) is 4.66. The minimum Gasteiger partial charge on any atom is -0.504 e. The maximum Gasteiger partial charge on any atom is 0.408 e. The molecule has 0 unspecified atom stereocenters. The lowest BCUT2D eigenvalue weighted by Gasteiger charge is -2.36. The number of halogens is 5. The number of nitrogens with zero attached hydrogens (tertiary/aromatic N) is 1. The summed E-state index contributed by atoms with van der Waals surface area (Å²) in [5.74, 6) is -0.121. The van der Waals surface area contributed by atoms with Crippen LogP contribution in [-0.2, 0) is 0 Å². The first kappa shape index (κ1) is 21.1. The molecule has 0 aromatic heterocycles. The predicted molar refractivity (Wildman–Crippen MR) is 82.4 cm³/mol. The van der Waals surface area contributed by atoms with Crippen molar-refractivity contribution in [2.45, 2.75) is 12.2 Å². The molecule has 1 aliphatic heterocycles. The molecule has 22 heavy (non-hydrogen) atoms. The van der Waals surface area contributed by atoms with Gasteiger partial charge in [-0.25, -0.2) is 0 Å². The third-order valence-electron chi connectivity index (χ3n) is 3.35. The molecule has 2 N–H and O–H groups in total. The lowest BCUT2D eigenvalue weighted by Crippen LogP contribution is -2.49. The highest BCUT2D eigenvalue weighted by molar-refractivity contribution is 5.85. The highest BCUT2D eigenvalue weighted by atomic mass is 35.5. The second kappa shape index (κ2) is 8.67. The van der Waals surface area contributed by atoms with E-state index >= 15 is 0 Å². The monoisotopic (exact) mass is 362 g/mol. The van der Waals surface area contributed by atoms with E-state index in [4.69, 9.17) is 4.74 Å². The molecule has 0 spiro atoms. The molecule has 1 heterocycles. The van der Waals surface area contributed by atoms with Gasteiger partial charge in [-0.2, -0.15) is 13.2 Å². The van der Waals surface area contributed by atoms with Gasteiger partial charge in [-0.3, -0.25) is 4.90 Å². The fraction of sp³-hybridized carbons (Fsp3) is 0.538. The van der Waals surface area contributed by atoms with Crippen molar-refractivity contribution in [2.75, 3.05) is 33.3 Å². The van der Waals surface area contributed by atoms with Crippen molar-refractivity contribution in [3.63, 3.8) is 0 Å². The summed E-state index contributed by atoms with van der Waals surface area (Å²) in [7, 11) is 1.31. The third kappa shape index (κ3) is 4.81. The molecule has 2 rings (SSSR count). The van der Waals surface area contributed by atoms with Crippen LogP contribution in [0.2, 0.25) is 0 Å². The van der Waals surface area contributed by atoms with E-state index in [9.17, 15) is 18.3 Å². The molecule has 0 bridgehead atoms. The number of phenolic OH excluding ortho intramolecular Hbond substituents is 1. The number of piperazine rings is 1. The molecule has 1 saturated heterocycles. The SMILES string of the molecule is COc1cc([C@@H](N2CCNCC2)C(F)(F)F)ccc1O.Cl.Cl. The molecule has 0 saturated carbocycles. The number of hydrogen-bond donors (Lipinski definition) is 2. The van der Waals surface area contributed by atoms with Gasteiger partial charge in [-0.1, -0.05) is 6.07 Å². The zero-order valence-electron chi connectivity index (χ0n) is 11.9. The number of ether oxygens (including phenoxy) is 1. The minimum atomic E-state index is -4.38. The van der Waals surface area contributed by atoms with Crippen molar-refractivity contribution in [3.05, 3.63) is 23.8 Å². The van der Waals surface area contributed by atoms with Gasteiger partial charge in [-0.05, 0) is 17.7 Å². The minimum absolute atomic E-state index is 0. The van der Waals surface area contributed by atoms with E-state index in [1.165, 1.54) is 30.2 Å². The van der Waals surface area contributed by atoms with Crippen LogP contribution in [-0.4, -0.2) is 49.5 Å². The Morgan fingerprint density at radius 3 is 2.32 bits per heavy atom. The first-order chi connectivity index (χ1) is 9.43. The number of alkyl halides is 3. The highest BCUT2D eigenvalue weighted by Gasteiger charge is 2.45. The van der Waals surface area contributed by atoms with Crippen molar-refractivity contribution in [1.29, 1.82) is 0 Å². The zero-order valence-corrected chi connectivity index (χ0v) is 13.5. The highest BCUT2D eigenvalue weighted by Crippen LogP contribution is 2.40. The largest absolute Gasteiger partial charge is 0.504 e. The normalized spacial score (nSPS) is 17.1. The fourth-order valence-electron chi connectivity index (χ4n) is 2.41. The average molecular weight is 363 g/mol. The van der Waals surface area contributed by atoms with Gasteiger partial charge in [0, 0.05) is 26.2 Å². The lowest BCUT2D eigenvalue weighted by molar-refractivity contribution is -0.187. The van der Waals surface area contributed by atoms with Crippen molar-refractivity contribution in [2.24, 2.45) is 0 Å². The summed E-state index contributed by atoms with van der Waals surface area (Å²) in [5, 5.41) is 12.5. The summed E-state index contributed by atoms with van der Waals surface area (Å²) in [4.78, 5) is 1.39. The van der Waals surface area contributed by atoms with E-state index in [1.54, 1.807) is 0 Å². The van der Waals surface area contributed by atoms with Crippen molar-refractivity contribution >= 4 is 24.8 Å². The Morgan fingerprint density at radius 1 is 1.23 bits per heavy atom. The molecular formula is C13H19Cl2F3N2O2. The van der Waals surface area contributed by atoms with Crippen molar-refractivity contribution < 1.29 is 23.0 Å². The Hall–Kier alpha value is -0.890. The van der Waals surface area contributed by atoms with Crippen LogP contribution in [0.5, 0.6) is 11.5 Å². The Labute approximate surface area is 139 Å². The van der Waals surface area contributed by atoms with Crippen LogP contribution in [0.15, 0.2) is 18.2 Å². The van der Waals surface area contributed by atoms with Gasteiger partial charge in [0.25, 0.3) is 0 Å². The van der Waals surface area contributed by atoms with Crippen LogP contribution >= 0.6 is 24.8 Å². The van der Waals surface area contributed by atoms with Gasteiger partial charge < -0.3 is 15.2 Å². The third-order valence-corrected chi connectivity index (χ3v) is 3.35. The number of benzene rings is 1. The summed E-state index contributed by atoms with van der Waals surface area (Å²) >= 11 is 0. The van der Waals surface area contributed by atoms with Crippen LogP contribution in [0.25, 0.3) is 0 Å². The van der Waals surface area contributed by atoms with Gasteiger partial charge >= 0.3 is 6.18 Å². The fourth-order valence-corrected chi connectivity index (χ4v) is 2.41. The van der Waals surface area contributed by atoms with Gasteiger partial charge in [0.2, 0.25) is 0 Å². The standard InChI is InChI=1S/C13H17F3N2O2.2ClH/c1-20-11-8-9(2-3-10(11)19)12(13(14,15)16)18-6-4-17-5-7-18;;/h2-3,8,12,17,19H,4-7H2,1H3;2*1H/t12-;;/m1../s1. The number of nitrogens with one attached hydrogen (secondary N) is 1. The van der Waals surface area contributed by atoms with Crippen molar-refractivity contribution in [1.82, 2.24) is 10.2 Å². The lowest BCUT2D eigenvalue weighted by atomic mass is 10.0. The molecule has 1 aromatic carbocycles. The molecule has 4 nitrogen and oxygen atoms in total. The molecule has 128 valence electrons. The summed E-state index contributed by atoms with van der Waals surface area (Å²) in [6, 6.07) is 2.09. The Bertz CT molecular complexity index is 469. The number of rotatable bonds is 3. The van der Waals surface area contributed by atoms with Crippen LogP contribution in [0.1, 0.15) is 11.6 Å². The number of hydrogen-bond acceptors (Lipinski definition) is 4. The van der Waals surface area contributed by atoms with E-state index in [1.807, 2.05) is 0 Å². The van der Waals surface area contributed by atoms with E-state index in [0.717, 1.165) is 0 Å². The average Bonchev–Trinajstić information content (AvgIpc) is 2.40. The molecule has 0 radical (unpaired) electrons. The molecule has 1 atom stereocenters. The Kier molecular flexibility index (Phi) is 8.32. The first-order valence-corrected chi connectivity index (χ1v) is 6.32. The Balaban J connectivity index is 0.00000220. The van der Waals surface area contributed by atoms with Crippen molar-refractivity contribution in [3.8, 4) is 11.5 Å². The van der Waals surface area contributed by atoms with Crippen LogP contribution < -0.4 is 10.1 Å². The maximum absolute atomic E-state index is 13.4. The number of phenols is 1. The second-order valence-corrected chi connectivity index (χ2v) is 4.66. The van der Waals surface area contributed by atoms with Gasteiger partial charge in [0.15, 0.2) is 11.5 Å². The summed E-state index contributed by atoms with van der Waals surface area (Å²) in [6.07, 6.45) is -4.38. The maximum atomic E-state index is 13.4. The molecular weight excluding hydrogens is 344 g/mol. The zero-order chi connectivity index (χ0) is 14.8. The predicted octanol–water partition coefficient (Wildman–Crippen LogP) is 2.75. The quantitative estimate of drug-likeness (QED) is 0.867. The van der Waals surface area contributed by atoms with Crippen LogP contribution in [0, 0.1) is 0 Å². The van der Waals surface area contributed by atoms with Crippen LogP contribution in [0.4, 0.5) is 13.2 Å². The molecule has 0 amide bonds. The Morgan fingerprint density at radius 2 is 1.82 bits per heavy atom. The van der Waals surface area contributed by atoms with Crippen LogP contribution in [0.3, 0.4) is 0 Å². The molecule has 1 aliphatic rings. The topological polar surface area (TPSA) is 44.7 Å². The number of methoxy groups -OCH3 is 1. The van der Waals surface area contributed by atoms with E-state index in [-0.39, 0.29) is 41.9 Å². The molecule has 1 aromatic rings. The molecule has 0 aliphatic carbocycles. The van der Waals surface area contributed by atoms with Gasteiger partial charge in [0.05, 0.1) is 7.11 Å². The summed E-state index contributed by atoms with van der Waals surface area (Å²) in [5.41, 5.74) is 0.0778. The summed E-state index contributed by atoms with van der Waals surface area (Å²) < 4.78 is 45.0. The van der Waals surface area contributed by atoms with E-state index in [0.29, 0.717) is 26.2 Å². The van der Waals surface area contributed by atoms with Gasteiger partial charge in [0.1, 0.15) is 6.04 Å². The van der Waals surface area contributed by atoms with E-state index < -0.39 is 12.2 Å². The van der Waals surface area contributed by atoms with E-state index in [2.05, 4.69) is 5.32 Å². The molecule has 9 heteroatoms. The smallest absolute Gasteiger partial charge is 0.408 e. The summed E-state index contributed by atoms with van der Waals surface area (Å²) in [6.45, 7) is 1.71. The number of aromatic hydroxyl groups is 1. The first-order valence-electron chi connectivity index (χ1n) is 6.32.